The summed E-state index contributed by atoms with van der Waals surface area (Å²) in [4.78, 5) is 42.4. The Labute approximate surface area is 258 Å². The van der Waals surface area contributed by atoms with E-state index in [-0.39, 0.29) is 48.0 Å². The highest BCUT2D eigenvalue weighted by Gasteiger charge is 2.47. The fourth-order valence-electron chi connectivity index (χ4n) is 8.06. The van der Waals surface area contributed by atoms with E-state index >= 15 is 0 Å². The van der Waals surface area contributed by atoms with E-state index in [1.165, 1.54) is 6.42 Å². The highest BCUT2D eigenvalue weighted by atomic mass is 19.1. The molecule has 44 heavy (non-hydrogen) atoms. The lowest BCUT2D eigenvalue weighted by atomic mass is 9.76. The number of fused-ring (bicyclic) bond motifs is 1. The van der Waals surface area contributed by atoms with Crippen molar-refractivity contribution in [2.45, 2.75) is 95.2 Å². The number of carbonyl (C=O) groups is 3. The number of nitrogens with one attached hydrogen (secondary N) is 1. The number of ether oxygens (including phenoxy) is 2. The third-order valence-corrected chi connectivity index (χ3v) is 10.6. The average Bonchev–Trinajstić information content (AvgIpc) is 3.83. The van der Waals surface area contributed by atoms with Crippen molar-refractivity contribution in [2.75, 3.05) is 31.7 Å². The Morgan fingerprint density at radius 1 is 1.00 bits per heavy atom. The van der Waals surface area contributed by atoms with Crippen molar-refractivity contribution in [3.8, 4) is 0 Å². The molecule has 3 heterocycles. The van der Waals surface area contributed by atoms with Crippen LogP contribution in [0.4, 0.5) is 10.1 Å². The maximum absolute atomic E-state index is 14.0. The Morgan fingerprint density at radius 3 is 2.52 bits per heavy atom. The molecule has 2 saturated heterocycles. The van der Waals surface area contributed by atoms with E-state index < -0.39 is 24.7 Å². The van der Waals surface area contributed by atoms with Crippen LogP contribution in [-0.2, 0) is 19.1 Å². The summed E-state index contributed by atoms with van der Waals surface area (Å²) >= 11 is 0. The molecule has 2 aliphatic carbocycles. The molecule has 2 aliphatic heterocycles. The zero-order chi connectivity index (χ0) is 30.6. The first-order valence-corrected chi connectivity index (χ1v) is 16.7. The number of furan rings is 1. The maximum Gasteiger partial charge on any atom is 0.374 e. The molecular formula is C34H46FN3O6. The van der Waals surface area contributed by atoms with Gasteiger partial charge in [0.15, 0.2) is 0 Å². The first kappa shape index (κ1) is 31.0. The second kappa shape index (κ2) is 14.0. The van der Waals surface area contributed by atoms with Gasteiger partial charge in [0.25, 0.3) is 0 Å². The molecule has 4 fully saturated rings. The third-order valence-electron chi connectivity index (χ3n) is 10.6. The smallest absolute Gasteiger partial charge is 0.374 e. The van der Waals surface area contributed by atoms with Crippen LogP contribution >= 0.6 is 0 Å². The van der Waals surface area contributed by atoms with Crippen LogP contribution < -0.4 is 11.1 Å². The first-order chi connectivity index (χ1) is 21.4. The lowest BCUT2D eigenvalue weighted by molar-refractivity contribution is -0.142. The number of likely N-dealkylation sites (tertiary alicyclic amines) is 1. The van der Waals surface area contributed by atoms with Crippen molar-refractivity contribution in [3.63, 3.8) is 0 Å². The van der Waals surface area contributed by atoms with Gasteiger partial charge in [0.2, 0.25) is 17.6 Å². The fraction of sp³-hybridized carbons (Fsp3) is 0.676. The second-order valence-electron chi connectivity index (χ2n) is 13.3. The van der Waals surface area contributed by atoms with Gasteiger partial charge in [-0.25, -0.2) is 9.18 Å². The molecule has 0 spiro atoms. The normalized spacial score (nSPS) is 28.7. The van der Waals surface area contributed by atoms with E-state index in [0.29, 0.717) is 48.6 Å². The monoisotopic (exact) mass is 611 g/mol. The quantitative estimate of drug-likeness (QED) is 0.354. The van der Waals surface area contributed by atoms with E-state index in [2.05, 4.69) is 5.32 Å². The molecule has 2 amide bonds. The van der Waals surface area contributed by atoms with Crippen molar-refractivity contribution in [3.05, 3.63) is 30.0 Å². The van der Waals surface area contributed by atoms with Crippen LogP contribution in [0.2, 0.25) is 0 Å². The number of rotatable bonds is 9. The van der Waals surface area contributed by atoms with Crippen molar-refractivity contribution < 1.29 is 32.7 Å². The van der Waals surface area contributed by atoms with Gasteiger partial charge in [-0.05, 0) is 87.0 Å². The van der Waals surface area contributed by atoms with E-state index in [1.807, 2.05) is 4.90 Å². The number of amides is 2. The minimum Gasteiger partial charge on any atom is -0.457 e. The van der Waals surface area contributed by atoms with Gasteiger partial charge in [-0.2, -0.15) is 0 Å². The predicted molar refractivity (Wildman–Crippen MR) is 164 cm³/mol. The van der Waals surface area contributed by atoms with Gasteiger partial charge in [0, 0.05) is 36.2 Å². The van der Waals surface area contributed by atoms with Crippen LogP contribution in [0, 0.1) is 23.7 Å². The maximum atomic E-state index is 14.0. The predicted octanol–water partition coefficient (Wildman–Crippen LogP) is 5.61. The van der Waals surface area contributed by atoms with E-state index in [1.54, 1.807) is 24.3 Å². The lowest BCUT2D eigenvalue weighted by Gasteiger charge is -2.36. The van der Waals surface area contributed by atoms with Crippen molar-refractivity contribution in [2.24, 2.45) is 29.4 Å². The molecule has 3 N–H and O–H groups in total. The summed E-state index contributed by atoms with van der Waals surface area (Å²) in [5, 5.41) is 3.78. The van der Waals surface area contributed by atoms with E-state index in [0.717, 1.165) is 57.8 Å². The zero-order valence-electron chi connectivity index (χ0n) is 25.5. The van der Waals surface area contributed by atoms with Crippen LogP contribution in [0.25, 0.3) is 11.0 Å². The SMILES string of the molecule is N[C@H](CF)C1CCC(C(=O)N2CC[C@@H](C3CCCCC3)[C@H]2C(=O)Nc2ccc3oc(C(=O)OC[C@H]4CCCO4)cc3c2)CC1. The summed E-state index contributed by atoms with van der Waals surface area (Å²) in [7, 11) is 0. The number of alkyl halides is 1. The summed E-state index contributed by atoms with van der Waals surface area (Å²) in [6, 6.07) is 5.92. The molecule has 240 valence electrons. The third kappa shape index (κ3) is 6.81. The number of hydrogen-bond donors (Lipinski definition) is 2. The topological polar surface area (TPSA) is 124 Å². The Morgan fingerprint density at radius 2 is 1.80 bits per heavy atom. The van der Waals surface area contributed by atoms with Crippen LogP contribution in [0.1, 0.15) is 87.6 Å². The largest absolute Gasteiger partial charge is 0.457 e. The molecule has 1 aromatic carbocycles. The van der Waals surface area contributed by atoms with Crippen molar-refractivity contribution >= 4 is 34.4 Å². The summed E-state index contributed by atoms with van der Waals surface area (Å²) < 4.78 is 29.8. The second-order valence-corrected chi connectivity index (χ2v) is 13.3. The minimum atomic E-state index is -0.543. The first-order valence-electron chi connectivity index (χ1n) is 16.7. The van der Waals surface area contributed by atoms with Gasteiger partial charge in [-0.15, -0.1) is 0 Å². The van der Waals surface area contributed by atoms with Crippen LogP contribution in [0.3, 0.4) is 0 Å². The standard InChI is InChI=1S/C34H46FN3O6/c35-19-28(36)22-8-10-23(11-9-22)33(40)38-15-14-27(21-5-2-1-3-6-21)31(38)32(39)37-25-12-13-29-24(17-25)18-30(44-29)34(41)43-20-26-7-4-16-42-26/h12-13,17-18,21-23,26-28,31H,1-11,14-16,19-20,36H2,(H,37,39)/t22?,23?,26-,27+,28-,31+/m1/s1. The highest BCUT2D eigenvalue weighted by molar-refractivity contribution is 6.00. The molecule has 2 aromatic rings. The van der Waals surface area contributed by atoms with Crippen LogP contribution in [0.5, 0.6) is 0 Å². The summed E-state index contributed by atoms with van der Waals surface area (Å²) in [5.41, 5.74) is 7.07. The van der Waals surface area contributed by atoms with Crippen molar-refractivity contribution in [1.29, 1.82) is 0 Å². The molecular weight excluding hydrogens is 565 g/mol. The molecule has 9 nitrogen and oxygen atoms in total. The Kier molecular flexibility index (Phi) is 9.86. The number of anilines is 1. The summed E-state index contributed by atoms with van der Waals surface area (Å²) in [5.74, 6) is -0.0521. The number of hydrogen-bond acceptors (Lipinski definition) is 7. The molecule has 10 heteroatoms. The molecule has 2 saturated carbocycles. The molecule has 0 bridgehead atoms. The highest BCUT2D eigenvalue weighted by Crippen LogP contribution is 2.41. The van der Waals surface area contributed by atoms with Crippen molar-refractivity contribution in [1.82, 2.24) is 4.90 Å². The molecule has 4 aliphatic rings. The van der Waals surface area contributed by atoms with Gasteiger partial charge in [0.1, 0.15) is 24.9 Å². The molecule has 0 radical (unpaired) electrons. The zero-order valence-corrected chi connectivity index (χ0v) is 25.5. The molecule has 4 atom stereocenters. The van der Waals surface area contributed by atoms with Crippen LogP contribution in [-0.4, -0.2) is 67.3 Å². The Hall–Kier alpha value is -2.98. The number of benzene rings is 1. The number of nitrogens with two attached hydrogens (primary N) is 1. The molecule has 1 aromatic heterocycles. The van der Waals surface area contributed by atoms with E-state index in [9.17, 15) is 18.8 Å². The summed E-state index contributed by atoms with van der Waals surface area (Å²) in [6.45, 7) is 0.933. The Bertz CT molecular complexity index is 1310. The van der Waals surface area contributed by atoms with Gasteiger partial charge in [-0.1, -0.05) is 32.1 Å². The van der Waals surface area contributed by atoms with Gasteiger partial charge < -0.3 is 29.8 Å². The number of halogens is 1. The van der Waals surface area contributed by atoms with Gasteiger partial charge >= 0.3 is 5.97 Å². The van der Waals surface area contributed by atoms with Gasteiger partial charge in [0.05, 0.1) is 6.10 Å². The average molecular weight is 612 g/mol. The molecule has 6 rings (SSSR count). The lowest BCUT2D eigenvalue weighted by Crippen LogP contribution is -2.50. The summed E-state index contributed by atoms with van der Waals surface area (Å²) in [6.07, 6.45) is 11.2. The van der Waals surface area contributed by atoms with Gasteiger partial charge in [-0.3, -0.25) is 9.59 Å². The number of esters is 1. The minimum absolute atomic E-state index is 0.0483. The number of carbonyl (C=O) groups excluding carboxylic acids is 3. The Balaban J connectivity index is 1.15. The van der Waals surface area contributed by atoms with E-state index in [4.69, 9.17) is 19.6 Å². The fourth-order valence-corrected chi connectivity index (χ4v) is 8.06. The van der Waals surface area contributed by atoms with Crippen LogP contribution in [0.15, 0.2) is 28.7 Å². The molecule has 0 unspecified atom stereocenters. The number of nitrogens with zero attached hydrogens (tertiary/aromatic N) is 1.